The molecule has 0 saturated heterocycles. The van der Waals surface area contributed by atoms with E-state index in [1.54, 1.807) is 26.1 Å². The molecule has 1 fully saturated rings. The van der Waals surface area contributed by atoms with Crippen LogP contribution in [0.2, 0.25) is 0 Å². The highest BCUT2D eigenvalue weighted by Gasteiger charge is 2.30. The lowest BCUT2D eigenvalue weighted by molar-refractivity contribution is -0.152. The fourth-order valence-electron chi connectivity index (χ4n) is 4.79. The van der Waals surface area contributed by atoms with Crippen LogP contribution in [-0.2, 0) is 17.8 Å². The Hall–Kier alpha value is -4.92. The average Bonchev–Trinajstić information content (AvgIpc) is 3.52. The number of hydrogen-bond donors (Lipinski definition) is 1. The molecule has 0 unspecified atom stereocenters. The van der Waals surface area contributed by atoms with Gasteiger partial charge in [0.05, 0.1) is 6.20 Å². The van der Waals surface area contributed by atoms with Crippen molar-refractivity contribution in [3.63, 3.8) is 0 Å². The van der Waals surface area contributed by atoms with Crippen LogP contribution >= 0.6 is 0 Å². The third kappa shape index (κ3) is 6.94. The minimum atomic E-state index is -1.31. The zero-order valence-corrected chi connectivity index (χ0v) is 24.3. The Morgan fingerprint density at radius 3 is 2.53 bits per heavy atom. The third-order valence-corrected chi connectivity index (χ3v) is 7.46. The third-order valence-electron chi connectivity index (χ3n) is 7.46. The van der Waals surface area contributed by atoms with Crippen molar-refractivity contribution in [3.8, 4) is 28.5 Å². The van der Waals surface area contributed by atoms with Crippen LogP contribution in [0.25, 0.3) is 22.7 Å². The van der Waals surface area contributed by atoms with Gasteiger partial charge in [-0.3, -0.25) is 0 Å². The number of aryl methyl sites for hydroxylation is 1. The number of carboxylic acid groups (broad SMARTS) is 1. The van der Waals surface area contributed by atoms with Crippen LogP contribution in [0.4, 0.5) is 6.01 Å². The monoisotopic (exact) mass is 578 g/mol. The minimum Gasteiger partial charge on any atom is -0.478 e. The fourth-order valence-corrected chi connectivity index (χ4v) is 4.79. The van der Waals surface area contributed by atoms with E-state index in [1.165, 1.54) is 0 Å². The standard InChI is InChI=1S/C34H34N4O5/c1-34(2,32(39)40)42-28-12-6-8-23(20-28)9-7-19-38(33-35-21-29(41-33)25-10-4-3-5-11-25)22-24-13-15-26(16-14-24)30-36-31(43-37-30)27-17-18-27/h3-6,8,10-16,20-21,27H,7,9,17-19,22H2,1-2H3,(H,39,40). The van der Waals surface area contributed by atoms with Gasteiger partial charge in [0.25, 0.3) is 6.01 Å². The highest BCUT2D eigenvalue weighted by atomic mass is 16.5. The van der Waals surface area contributed by atoms with Gasteiger partial charge in [-0.1, -0.05) is 71.9 Å². The molecule has 0 spiro atoms. The SMILES string of the molecule is CC(C)(Oc1cccc(CCCN(Cc2ccc(-c3noc(C4CC4)n3)cc2)c2ncc(-c3ccccc3)o2)c1)C(=O)O. The summed E-state index contributed by atoms with van der Waals surface area (Å²) in [5, 5.41) is 13.6. The van der Waals surface area contributed by atoms with Gasteiger partial charge in [-0.2, -0.15) is 4.98 Å². The molecule has 6 rings (SSSR count). The Morgan fingerprint density at radius 1 is 1.00 bits per heavy atom. The molecule has 0 atom stereocenters. The topological polar surface area (TPSA) is 115 Å². The lowest BCUT2D eigenvalue weighted by atomic mass is 10.1. The number of ether oxygens (including phenoxy) is 1. The summed E-state index contributed by atoms with van der Waals surface area (Å²) in [6, 6.07) is 26.2. The lowest BCUT2D eigenvalue weighted by Gasteiger charge is -2.22. The van der Waals surface area contributed by atoms with Crippen LogP contribution in [0, 0.1) is 0 Å². The summed E-state index contributed by atoms with van der Waals surface area (Å²) in [6.45, 7) is 4.38. The number of carboxylic acids is 1. The van der Waals surface area contributed by atoms with Gasteiger partial charge in [0.15, 0.2) is 11.4 Å². The number of anilines is 1. The quantitative estimate of drug-likeness (QED) is 0.155. The van der Waals surface area contributed by atoms with E-state index in [2.05, 4.69) is 32.2 Å². The van der Waals surface area contributed by atoms with Gasteiger partial charge >= 0.3 is 5.97 Å². The summed E-state index contributed by atoms with van der Waals surface area (Å²) in [5.74, 6) is 2.00. The van der Waals surface area contributed by atoms with Crippen molar-refractivity contribution < 1.29 is 23.6 Å². The second kappa shape index (κ2) is 12.1. The Kier molecular flexibility index (Phi) is 7.96. The van der Waals surface area contributed by atoms with E-state index in [0.29, 0.717) is 42.4 Å². The Bertz CT molecular complexity index is 1670. The van der Waals surface area contributed by atoms with Crippen molar-refractivity contribution in [2.45, 2.75) is 57.6 Å². The van der Waals surface area contributed by atoms with E-state index >= 15 is 0 Å². The van der Waals surface area contributed by atoms with Crippen molar-refractivity contribution in [1.29, 1.82) is 0 Å². The smallest absolute Gasteiger partial charge is 0.347 e. The predicted octanol–water partition coefficient (Wildman–Crippen LogP) is 7.15. The van der Waals surface area contributed by atoms with Gasteiger partial charge in [0.2, 0.25) is 11.7 Å². The lowest BCUT2D eigenvalue weighted by Crippen LogP contribution is -2.37. The fraction of sp³-hybridized carbons (Fsp3) is 0.294. The number of aliphatic carboxylic acids is 1. The van der Waals surface area contributed by atoms with Crippen LogP contribution in [0.15, 0.2) is 94.0 Å². The number of oxazole rings is 1. The van der Waals surface area contributed by atoms with Crippen molar-refractivity contribution in [1.82, 2.24) is 15.1 Å². The van der Waals surface area contributed by atoms with Crippen LogP contribution in [0.1, 0.15) is 56.0 Å². The molecule has 0 amide bonds. The summed E-state index contributed by atoms with van der Waals surface area (Å²) >= 11 is 0. The van der Waals surface area contributed by atoms with Crippen LogP contribution < -0.4 is 9.64 Å². The van der Waals surface area contributed by atoms with Crippen LogP contribution in [0.5, 0.6) is 5.75 Å². The van der Waals surface area contributed by atoms with Gasteiger partial charge in [0, 0.05) is 30.1 Å². The second-order valence-electron chi connectivity index (χ2n) is 11.4. The largest absolute Gasteiger partial charge is 0.478 e. The van der Waals surface area contributed by atoms with Gasteiger partial charge in [-0.05, 0) is 62.8 Å². The first kappa shape index (κ1) is 28.2. The number of nitrogens with zero attached hydrogens (tertiary/aromatic N) is 4. The molecule has 3 aromatic carbocycles. The molecule has 5 aromatic rings. The van der Waals surface area contributed by atoms with E-state index in [0.717, 1.165) is 53.8 Å². The maximum Gasteiger partial charge on any atom is 0.347 e. The normalized spacial score (nSPS) is 13.2. The van der Waals surface area contributed by atoms with E-state index < -0.39 is 11.6 Å². The van der Waals surface area contributed by atoms with Crippen LogP contribution in [0.3, 0.4) is 0 Å². The molecule has 0 aliphatic heterocycles. The Morgan fingerprint density at radius 2 is 1.79 bits per heavy atom. The minimum absolute atomic E-state index is 0.419. The first-order valence-electron chi connectivity index (χ1n) is 14.5. The summed E-state index contributed by atoms with van der Waals surface area (Å²) in [5.41, 5.74) is 2.74. The Balaban J connectivity index is 1.16. The van der Waals surface area contributed by atoms with Crippen molar-refractivity contribution >= 4 is 12.0 Å². The van der Waals surface area contributed by atoms with E-state index in [-0.39, 0.29) is 0 Å². The molecule has 1 N–H and O–H groups in total. The maximum atomic E-state index is 11.5. The molecule has 9 nitrogen and oxygen atoms in total. The summed E-state index contributed by atoms with van der Waals surface area (Å²) in [6.07, 6.45) is 5.59. The molecule has 0 bridgehead atoms. The van der Waals surface area contributed by atoms with E-state index in [1.807, 2.05) is 60.7 Å². The van der Waals surface area contributed by atoms with E-state index in [4.69, 9.17) is 13.7 Å². The molecule has 1 aliphatic rings. The number of benzene rings is 3. The number of rotatable bonds is 13. The van der Waals surface area contributed by atoms with Crippen LogP contribution in [-0.4, -0.2) is 38.3 Å². The zero-order chi connectivity index (χ0) is 29.8. The highest BCUT2D eigenvalue weighted by Crippen LogP contribution is 2.39. The summed E-state index contributed by atoms with van der Waals surface area (Å²) < 4.78 is 17.4. The molecule has 220 valence electrons. The molecule has 43 heavy (non-hydrogen) atoms. The van der Waals surface area contributed by atoms with Gasteiger partial charge in [-0.25, -0.2) is 9.78 Å². The van der Waals surface area contributed by atoms with Crippen molar-refractivity contribution in [2.24, 2.45) is 0 Å². The molecule has 1 saturated carbocycles. The molecule has 9 heteroatoms. The molecular weight excluding hydrogens is 544 g/mol. The van der Waals surface area contributed by atoms with Crippen molar-refractivity contribution in [2.75, 3.05) is 11.4 Å². The molecule has 2 aromatic heterocycles. The number of carbonyl (C=O) groups is 1. The van der Waals surface area contributed by atoms with Gasteiger partial charge < -0.3 is 23.7 Å². The number of aromatic nitrogens is 3. The van der Waals surface area contributed by atoms with Crippen molar-refractivity contribution in [3.05, 3.63) is 102 Å². The van der Waals surface area contributed by atoms with Gasteiger partial charge in [0.1, 0.15) is 5.75 Å². The maximum absolute atomic E-state index is 11.5. The molecule has 0 radical (unpaired) electrons. The second-order valence-corrected chi connectivity index (χ2v) is 11.4. The molecular formula is C34H34N4O5. The average molecular weight is 579 g/mol. The highest BCUT2D eigenvalue weighted by molar-refractivity contribution is 5.76. The molecule has 1 aliphatic carbocycles. The summed E-state index contributed by atoms with van der Waals surface area (Å²) in [4.78, 5) is 22.8. The van der Waals surface area contributed by atoms with E-state index in [9.17, 15) is 9.90 Å². The number of hydrogen-bond acceptors (Lipinski definition) is 8. The summed E-state index contributed by atoms with van der Waals surface area (Å²) in [7, 11) is 0. The first-order valence-corrected chi connectivity index (χ1v) is 14.5. The Labute approximate surface area is 250 Å². The molecule has 2 heterocycles. The predicted molar refractivity (Wildman–Crippen MR) is 162 cm³/mol. The first-order chi connectivity index (χ1) is 20.8. The zero-order valence-electron chi connectivity index (χ0n) is 24.3. The van der Waals surface area contributed by atoms with Gasteiger partial charge in [-0.15, -0.1) is 0 Å².